The molecule has 2 unspecified atom stereocenters. The topological polar surface area (TPSA) is 121 Å². The SMILES string of the molecule is CC1=CC=CC(C(C)=C(O)[C@@H](O)[C@@H](O)[C@H](O)[C@@H](O)C(O)=C(C)C2C=CC=C(C)C2=Cc2ccccc2)C1=Cc1ccccc1. The molecule has 2 aliphatic rings. The van der Waals surface area contributed by atoms with Gasteiger partial charge in [0.15, 0.2) is 0 Å². The molecule has 0 saturated heterocycles. The molecule has 0 spiro atoms. The molecule has 0 amide bonds. The van der Waals surface area contributed by atoms with Crippen LogP contribution in [0.15, 0.2) is 142 Å². The van der Waals surface area contributed by atoms with Gasteiger partial charge in [-0.2, -0.15) is 0 Å². The molecule has 0 heterocycles. The second-order valence-electron chi connectivity index (χ2n) is 11.5. The van der Waals surface area contributed by atoms with Crippen molar-refractivity contribution in [3.8, 4) is 0 Å². The molecule has 2 aliphatic carbocycles. The zero-order valence-corrected chi connectivity index (χ0v) is 25.5. The molecular formula is C38H42O6. The maximum Gasteiger partial charge on any atom is 0.139 e. The largest absolute Gasteiger partial charge is 0.509 e. The number of benzene rings is 2. The third-order valence-corrected chi connectivity index (χ3v) is 8.42. The van der Waals surface area contributed by atoms with Crippen molar-refractivity contribution in [3.05, 3.63) is 153 Å². The zero-order chi connectivity index (χ0) is 32.0. The van der Waals surface area contributed by atoms with Gasteiger partial charge in [-0.1, -0.05) is 109 Å². The van der Waals surface area contributed by atoms with Crippen LogP contribution >= 0.6 is 0 Å². The van der Waals surface area contributed by atoms with Gasteiger partial charge in [0.05, 0.1) is 0 Å². The highest BCUT2D eigenvalue weighted by Crippen LogP contribution is 2.36. The van der Waals surface area contributed by atoms with E-state index in [0.717, 1.165) is 33.4 Å². The molecule has 6 atom stereocenters. The zero-order valence-electron chi connectivity index (χ0n) is 25.5. The number of rotatable bonds is 9. The molecule has 0 aromatic heterocycles. The Labute approximate surface area is 259 Å². The van der Waals surface area contributed by atoms with E-state index in [9.17, 15) is 30.6 Å². The Bertz CT molecular complexity index is 1450. The van der Waals surface area contributed by atoms with E-state index in [2.05, 4.69) is 0 Å². The van der Waals surface area contributed by atoms with Crippen molar-refractivity contribution in [3.63, 3.8) is 0 Å². The van der Waals surface area contributed by atoms with Gasteiger partial charge in [-0.3, -0.25) is 0 Å². The van der Waals surface area contributed by atoms with Gasteiger partial charge in [0.2, 0.25) is 0 Å². The fourth-order valence-electron chi connectivity index (χ4n) is 5.61. The van der Waals surface area contributed by atoms with Crippen molar-refractivity contribution in [1.29, 1.82) is 0 Å². The number of hydrogen-bond donors (Lipinski definition) is 6. The second kappa shape index (κ2) is 14.5. The lowest BCUT2D eigenvalue weighted by atomic mass is 9.81. The van der Waals surface area contributed by atoms with E-state index in [1.807, 2.05) is 123 Å². The molecule has 0 radical (unpaired) electrons. The number of aliphatic hydroxyl groups is 6. The molecule has 2 aromatic carbocycles. The van der Waals surface area contributed by atoms with Gasteiger partial charge in [0.1, 0.15) is 35.9 Å². The van der Waals surface area contributed by atoms with Gasteiger partial charge in [-0.15, -0.1) is 0 Å². The van der Waals surface area contributed by atoms with Crippen molar-refractivity contribution in [2.45, 2.75) is 52.1 Å². The Morgan fingerprint density at radius 1 is 0.591 bits per heavy atom. The van der Waals surface area contributed by atoms with Crippen molar-refractivity contribution >= 4 is 12.2 Å². The van der Waals surface area contributed by atoms with Crippen LogP contribution in [0.3, 0.4) is 0 Å². The fourth-order valence-corrected chi connectivity index (χ4v) is 5.61. The van der Waals surface area contributed by atoms with Crippen molar-refractivity contribution < 1.29 is 30.6 Å². The summed E-state index contributed by atoms with van der Waals surface area (Å²) in [5.74, 6) is -1.83. The Hall–Kier alpha value is -4.20. The first-order valence-electron chi connectivity index (χ1n) is 14.8. The van der Waals surface area contributed by atoms with Crippen molar-refractivity contribution in [2.24, 2.45) is 11.8 Å². The van der Waals surface area contributed by atoms with Crippen LogP contribution in [0, 0.1) is 11.8 Å². The number of allylic oxidation sites excluding steroid dienone is 12. The Morgan fingerprint density at radius 2 is 0.932 bits per heavy atom. The fraction of sp³-hybridized carbons (Fsp3) is 0.263. The molecule has 0 aliphatic heterocycles. The first-order valence-corrected chi connectivity index (χ1v) is 14.8. The lowest BCUT2D eigenvalue weighted by Gasteiger charge is -2.30. The molecule has 0 saturated carbocycles. The summed E-state index contributed by atoms with van der Waals surface area (Å²) in [6.07, 6.45) is 7.57. The van der Waals surface area contributed by atoms with Gasteiger partial charge in [-0.05, 0) is 72.3 Å². The second-order valence-corrected chi connectivity index (χ2v) is 11.5. The maximum absolute atomic E-state index is 11.1. The Balaban J connectivity index is 1.57. The van der Waals surface area contributed by atoms with Gasteiger partial charge in [-0.25, -0.2) is 0 Å². The van der Waals surface area contributed by atoms with Crippen LogP contribution in [0.25, 0.3) is 12.2 Å². The van der Waals surface area contributed by atoms with E-state index in [1.165, 1.54) is 0 Å². The van der Waals surface area contributed by atoms with Gasteiger partial charge >= 0.3 is 0 Å². The molecule has 6 nitrogen and oxygen atoms in total. The van der Waals surface area contributed by atoms with Gasteiger partial charge < -0.3 is 30.6 Å². The van der Waals surface area contributed by atoms with Crippen LogP contribution in [0.4, 0.5) is 0 Å². The molecule has 230 valence electrons. The number of aliphatic hydroxyl groups excluding tert-OH is 6. The molecular weight excluding hydrogens is 552 g/mol. The van der Waals surface area contributed by atoms with Crippen LogP contribution in [-0.4, -0.2) is 55.1 Å². The normalized spacial score (nSPS) is 24.2. The predicted octanol–water partition coefficient (Wildman–Crippen LogP) is 6.53. The Kier molecular flexibility index (Phi) is 10.8. The molecule has 4 rings (SSSR count). The molecule has 44 heavy (non-hydrogen) atoms. The average molecular weight is 595 g/mol. The molecule has 0 bridgehead atoms. The molecule has 6 heteroatoms. The summed E-state index contributed by atoms with van der Waals surface area (Å²) >= 11 is 0. The lowest BCUT2D eigenvalue weighted by Crippen LogP contribution is -2.46. The average Bonchev–Trinajstić information content (AvgIpc) is 3.04. The summed E-state index contributed by atoms with van der Waals surface area (Å²) in [6, 6.07) is 19.4. The highest BCUT2D eigenvalue weighted by atomic mass is 16.4. The minimum absolute atomic E-state index is 0.380. The van der Waals surface area contributed by atoms with Crippen LogP contribution in [-0.2, 0) is 0 Å². The van der Waals surface area contributed by atoms with Crippen LogP contribution in [0.1, 0.15) is 38.8 Å². The summed E-state index contributed by atoms with van der Waals surface area (Å²) in [6.45, 7) is 7.21. The standard InChI is InChI=1S/C38H42O6/c1-23-13-11-19-29(31(23)21-27-15-7-5-8-16-27)25(3)33(39)35(41)37(43)38(44)36(42)34(40)26(4)30-20-12-14-24(2)32(30)22-28-17-9-6-10-18-28/h5-22,29-30,35-44H,1-4H3/t29?,30?,35-,36+,37-,38-/m1/s1. The first kappa shape index (κ1) is 32.7. The van der Waals surface area contributed by atoms with Gasteiger partial charge in [0.25, 0.3) is 0 Å². The number of hydrogen-bond acceptors (Lipinski definition) is 6. The van der Waals surface area contributed by atoms with E-state index in [0.29, 0.717) is 11.1 Å². The van der Waals surface area contributed by atoms with Crippen LogP contribution in [0.2, 0.25) is 0 Å². The highest BCUT2D eigenvalue weighted by Gasteiger charge is 2.37. The third kappa shape index (κ3) is 7.29. The highest BCUT2D eigenvalue weighted by molar-refractivity contribution is 5.64. The summed E-state index contributed by atoms with van der Waals surface area (Å²) in [5, 5.41) is 65.8. The summed E-state index contributed by atoms with van der Waals surface area (Å²) < 4.78 is 0. The Morgan fingerprint density at radius 3 is 1.27 bits per heavy atom. The summed E-state index contributed by atoms with van der Waals surface area (Å²) in [4.78, 5) is 0. The predicted molar refractivity (Wildman–Crippen MR) is 176 cm³/mol. The summed E-state index contributed by atoms with van der Waals surface area (Å²) in [5.41, 5.74) is 6.48. The van der Waals surface area contributed by atoms with Crippen LogP contribution in [0.5, 0.6) is 0 Å². The van der Waals surface area contributed by atoms with E-state index in [1.54, 1.807) is 13.8 Å². The van der Waals surface area contributed by atoms with E-state index in [-0.39, 0.29) is 0 Å². The van der Waals surface area contributed by atoms with Gasteiger partial charge in [0, 0.05) is 11.8 Å². The lowest BCUT2D eigenvalue weighted by molar-refractivity contribution is -0.101. The third-order valence-electron chi connectivity index (χ3n) is 8.42. The summed E-state index contributed by atoms with van der Waals surface area (Å²) in [7, 11) is 0. The van der Waals surface area contributed by atoms with Crippen molar-refractivity contribution in [2.75, 3.05) is 0 Å². The van der Waals surface area contributed by atoms with E-state index in [4.69, 9.17) is 0 Å². The minimum Gasteiger partial charge on any atom is -0.509 e. The first-order chi connectivity index (χ1) is 21.0. The molecule has 6 N–H and O–H groups in total. The van der Waals surface area contributed by atoms with E-state index < -0.39 is 47.8 Å². The quantitative estimate of drug-likeness (QED) is 0.184. The monoisotopic (exact) mass is 594 g/mol. The van der Waals surface area contributed by atoms with E-state index >= 15 is 0 Å². The van der Waals surface area contributed by atoms with Crippen molar-refractivity contribution in [1.82, 2.24) is 0 Å². The van der Waals surface area contributed by atoms with Crippen LogP contribution < -0.4 is 0 Å². The molecule has 0 fully saturated rings. The smallest absolute Gasteiger partial charge is 0.139 e. The maximum atomic E-state index is 11.1. The molecule has 2 aromatic rings. The minimum atomic E-state index is -2.00.